The monoisotopic (exact) mass is 469 g/mol. The molecular formula is C24H27N3O5S. The molecule has 0 aliphatic heterocycles. The lowest BCUT2D eigenvalue weighted by atomic mass is 10.0. The Morgan fingerprint density at radius 1 is 0.939 bits per heavy atom. The van der Waals surface area contributed by atoms with Crippen LogP contribution >= 0.6 is 0 Å². The van der Waals surface area contributed by atoms with Crippen LogP contribution in [-0.2, 0) is 10.0 Å². The number of hydrogen-bond donors (Lipinski definition) is 3. The normalized spacial score (nSPS) is 11.5. The van der Waals surface area contributed by atoms with Gasteiger partial charge in [0.15, 0.2) is 0 Å². The molecule has 3 N–H and O–H groups in total. The second-order valence-electron chi connectivity index (χ2n) is 7.40. The van der Waals surface area contributed by atoms with Gasteiger partial charge in [-0.05, 0) is 42.1 Å². The summed E-state index contributed by atoms with van der Waals surface area (Å²) in [4.78, 5) is 26.6. The Labute approximate surface area is 193 Å². The maximum Gasteiger partial charge on any atom is 0.338 e. The maximum absolute atomic E-state index is 13.2. The summed E-state index contributed by atoms with van der Waals surface area (Å²) in [6, 6.07) is 15.7. The van der Waals surface area contributed by atoms with Crippen LogP contribution in [0.25, 0.3) is 10.8 Å². The number of aromatic carboxylic acids is 1. The Kier molecular flexibility index (Phi) is 7.67. The Hall–Kier alpha value is -3.43. The number of carbonyl (C=O) groups is 2. The first-order valence-corrected chi connectivity index (χ1v) is 12.1. The summed E-state index contributed by atoms with van der Waals surface area (Å²) in [5.74, 6) is -1.77. The van der Waals surface area contributed by atoms with Crippen molar-refractivity contribution < 1.29 is 23.1 Å². The summed E-state index contributed by atoms with van der Waals surface area (Å²) >= 11 is 0. The minimum absolute atomic E-state index is 0.0118. The molecule has 0 radical (unpaired) electrons. The van der Waals surface area contributed by atoms with Crippen molar-refractivity contribution in [3.8, 4) is 0 Å². The number of nitrogens with zero attached hydrogens (tertiary/aromatic N) is 1. The number of benzene rings is 3. The lowest BCUT2D eigenvalue weighted by Crippen LogP contribution is -2.35. The summed E-state index contributed by atoms with van der Waals surface area (Å²) in [5, 5.41) is 13.6. The predicted molar refractivity (Wildman–Crippen MR) is 128 cm³/mol. The van der Waals surface area contributed by atoms with E-state index >= 15 is 0 Å². The molecule has 0 unspecified atom stereocenters. The zero-order valence-corrected chi connectivity index (χ0v) is 19.4. The second kappa shape index (κ2) is 10.5. The van der Waals surface area contributed by atoms with Gasteiger partial charge in [0.2, 0.25) is 0 Å². The Balaban J connectivity index is 1.91. The quantitative estimate of drug-likeness (QED) is 0.419. The van der Waals surface area contributed by atoms with Crippen molar-refractivity contribution in [3.63, 3.8) is 0 Å². The van der Waals surface area contributed by atoms with Crippen molar-refractivity contribution in [1.29, 1.82) is 0 Å². The zero-order valence-electron chi connectivity index (χ0n) is 18.5. The first-order valence-electron chi connectivity index (χ1n) is 10.7. The average molecular weight is 470 g/mol. The smallest absolute Gasteiger partial charge is 0.338 e. The highest BCUT2D eigenvalue weighted by atomic mass is 32.2. The number of fused-ring (bicyclic) bond motifs is 1. The van der Waals surface area contributed by atoms with Gasteiger partial charge in [-0.15, -0.1) is 0 Å². The highest BCUT2D eigenvalue weighted by Crippen LogP contribution is 2.29. The van der Waals surface area contributed by atoms with Crippen LogP contribution in [0.4, 0.5) is 5.69 Å². The van der Waals surface area contributed by atoms with Crippen molar-refractivity contribution in [1.82, 2.24) is 10.2 Å². The summed E-state index contributed by atoms with van der Waals surface area (Å²) < 4.78 is 28.8. The van der Waals surface area contributed by atoms with Crippen molar-refractivity contribution in [2.24, 2.45) is 0 Å². The lowest BCUT2D eigenvalue weighted by molar-refractivity contribution is 0.0700. The molecule has 9 heteroatoms. The first kappa shape index (κ1) is 24.2. The van der Waals surface area contributed by atoms with E-state index in [1.165, 1.54) is 24.3 Å². The van der Waals surface area contributed by atoms with Crippen LogP contribution in [0.5, 0.6) is 0 Å². The van der Waals surface area contributed by atoms with Gasteiger partial charge in [0, 0.05) is 13.1 Å². The summed E-state index contributed by atoms with van der Waals surface area (Å²) in [5.41, 5.74) is -0.238. The fourth-order valence-corrected chi connectivity index (χ4v) is 4.92. The van der Waals surface area contributed by atoms with E-state index in [0.717, 1.165) is 13.1 Å². The van der Waals surface area contributed by atoms with E-state index in [-0.39, 0.29) is 21.7 Å². The first-order chi connectivity index (χ1) is 15.8. The molecule has 0 spiro atoms. The molecule has 0 aromatic heterocycles. The number of amides is 1. The molecule has 0 heterocycles. The van der Waals surface area contributed by atoms with E-state index in [1.807, 2.05) is 13.8 Å². The number of carboxylic acid groups (broad SMARTS) is 1. The molecule has 33 heavy (non-hydrogen) atoms. The van der Waals surface area contributed by atoms with Gasteiger partial charge in [-0.1, -0.05) is 56.3 Å². The molecule has 0 fully saturated rings. The molecular weight excluding hydrogens is 442 g/mol. The topological polar surface area (TPSA) is 116 Å². The van der Waals surface area contributed by atoms with Crippen LogP contribution < -0.4 is 10.0 Å². The van der Waals surface area contributed by atoms with E-state index in [2.05, 4.69) is 14.9 Å². The third-order valence-electron chi connectivity index (χ3n) is 5.42. The molecule has 0 saturated carbocycles. The van der Waals surface area contributed by atoms with Crippen molar-refractivity contribution in [3.05, 3.63) is 71.8 Å². The van der Waals surface area contributed by atoms with Gasteiger partial charge in [0.25, 0.3) is 15.9 Å². The molecule has 3 aromatic rings. The highest BCUT2D eigenvalue weighted by Gasteiger charge is 2.25. The van der Waals surface area contributed by atoms with E-state index in [4.69, 9.17) is 0 Å². The van der Waals surface area contributed by atoms with Crippen LogP contribution in [0.1, 0.15) is 34.6 Å². The van der Waals surface area contributed by atoms with Crippen molar-refractivity contribution in [2.45, 2.75) is 18.7 Å². The second-order valence-corrected chi connectivity index (χ2v) is 9.05. The molecule has 0 atom stereocenters. The number of carboxylic acids is 1. The van der Waals surface area contributed by atoms with E-state index in [0.29, 0.717) is 23.9 Å². The third-order valence-corrected chi connectivity index (χ3v) is 6.84. The van der Waals surface area contributed by atoms with E-state index < -0.39 is 21.9 Å². The van der Waals surface area contributed by atoms with Gasteiger partial charge < -0.3 is 15.3 Å². The number of hydrogen-bond acceptors (Lipinski definition) is 5. The standard InChI is InChI=1S/C24H27N3O5S/c1-3-27(4-2)16-15-25-23(28)19-11-7-8-12-21(19)33(31,32)26-20-14-13-17-9-5-6-10-18(17)22(20)24(29)30/h5-14,26H,3-4,15-16H2,1-2H3,(H,25,28)(H,29,30). The van der Waals surface area contributed by atoms with E-state index in [1.54, 1.807) is 36.4 Å². The summed E-state index contributed by atoms with van der Waals surface area (Å²) in [6.45, 7) is 6.76. The van der Waals surface area contributed by atoms with Gasteiger partial charge in [-0.2, -0.15) is 0 Å². The Morgan fingerprint density at radius 2 is 1.61 bits per heavy atom. The Bertz CT molecular complexity index is 1270. The van der Waals surface area contributed by atoms with Crippen LogP contribution in [0, 0.1) is 0 Å². The fraction of sp³-hybridized carbons (Fsp3) is 0.250. The van der Waals surface area contributed by atoms with Crippen molar-refractivity contribution in [2.75, 3.05) is 30.9 Å². The Morgan fingerprint density at radius 3 is 2.30 bits per heavy atom. The van der Waals surface area contributed by atoms with Crippen LogP contribution in [-0.4, -0.2) is 56.5 Å². The van der Waals surface area contributed by atoms with Crippen LogP contribution in [0.3, 0.4) is 0 Å². The van der Waals surface area contributed by atoms with Gasteiger partial charge in [-0.3, -0.25) is 9.52 Å². The molecule has 1 amide bonds. The molecule has 174 valence electrons. The molecule has 3 aromatic carbocycles. The average Bonchev–Trinajstić information content (AvgIpc) is 2.81. The fourth-order valence-electron chi connectivity index (χ4n) is 3.64. The summed E-state index contributed by atoms with van der Waals surface area (Å²) in [6.07, 6.45) is 0. The molecule has 0 aliphatic carbocycles. The van der Waals surface area contributed by atoms with Crippen LogP contribution in [0.15, 0.2) is 65.6 Å². The van der Waals surface area contributed by atoms with E-state index in [9.17, 15) is 23.1 Å². The zero-order chi connectivity index (χ0) is 24.0. The van der Waals surface area contributed by atoms with Gasteiger partial charge >= 0.3 is 5.97 Å². The number of sulfonamides is 1. The highest BCUT2D eigenvalue weighted by molar-refractivity contribution is 7.92. The van der Waals surface area contributed by atoms with Crippen LogP contribution in [0.2, 0.25) is 0 Å². The lowest BCUT2D eigenvalue weighted by Gasteiger charge is -2.18. The predicted octanol–water partition coefficient (Wildman–Crippen LogP) is 3.41. The van der Waals surface area contributed by atoms with Gasteiger partial charge in [0.05, 0.1) is 16.8 Å². The molecule has 0 bridgehead atoms. The number of nitrogens with one attached hydrogen (secondary N) is 2. The molecule has 8 nitrogen and oxygen atoms in total. The largest absolute Gasteiger partial charge is 0.478 e. The third kappa shape index (κ3) is 5.50. The molecule has 0 aliphatic rings. The number of carbonyl (C=O) groups excluding carboxylic acids is 1. The van der Waals surface area contributed by atoms with Crippen molar-refractivity contribution >= 4 is 38.4 Å². The minimum atomic E-state index is -4.25. The van der Waals surface area contributed by atoms with Gasteiger partial charge in [0.1, 0.15) is 4.90 Å². The summed E-state index contributed by atoms with van der Waals surface area (Å²) in [7, 11) is -4.25. The molecule has 3 rings (SSSR count). The number of anilines is 1. The number of likely N-dealkylation sites (N-methyl/N-ethyl adjacent to an activating group) is 1. The molecule has 0 saturated heterocycles. The number of rotatable bonds is 10. The SMILES string of the molecule is CCN(CC)CCNC(=O)c1ccccc1S(=O)(=O)Nc1ccc2ccccc2c1C(=O)O. The minimum Gasteiger partial charge on any atom is -0.478 e. The maximum atomic E-state index is 13.2. The van der Waals surface area contributed by atoms with Gasteiger partial charge in [-0.25, -0.2) is 13.2 Å².